The Balaban J connectivity index is 2.15. The van der Waals surface area contributed by atoms with Crippen molar-refractivity contribution in [1.82, 2.24) is 9.38 Å². The lowest BCUT2D eigenvalue weighted by Crippen LogP contribution is -1.92. The van der Waals surface area contributed by atoms with Crippen molar-refractivity contribution in [3.8, 4) is 0 Å². The summed E-state index contributed by atoms with van der Waals surface area (Å²) >= 11 is 3.49. The van der Waals surface area contributed by atoms with Crippen molar-refractivity contribution in [3.05, 3.63) is 71.5 Å². The molecule has 0 radical (unpaired) electrons. The lowest BCUT2D eigenvalue weighted by Gasteiger charge is -2.10. The quantitative estimate of drug-likeness (QED) is 0.204. The van der Waals surface area contributed by atoms with Gasteiger partial charge in [-0.2, -0.15) is 0 Å². The Bertz CT molecular complexity index is 1190. The zero-order valence-corrected chi connectivity index (χ0v) is 13.2. The lowest BCUT2D eigenvalue weighted by atomic mass is 10.0. The SMILES string of the molecule is Brc1ccc2c3cc4ccccc4cc3n3cccc3c2n1. The molecule has 0 aliphatic heterocycles. The van der Waals surface area contributed by atoms with Gasteiger partial charge >= 0.3 is 0 Å². The second-order valence-corrected chi connectivity index (χ2v) is 6.32. The molecule has 0 atom stereocenters. The van der Waals surface area contributed by atoms with Gasteiger partial charge in [-0.05, 0) is 63.1 Å². The van der Waals surface area contributed by atoms with Gasteiger partial charge in [0.15, 0.2) is 0 Å². The molecule has 0 amide bonds. The highest BCUT2D eigenvalue weighted by molar-refractivity contribution is 9.10. The smallest absolute Gasteiger partial charge is 0.106 e. The van der Waals surface area contributed by atoms with Crippen LogP contribution in [0, 0.1) is 0 Å². The summed E-state index contributed by atoms with van der Waals surface area (Å²) in [5, 5.41) is 4.94. The van der Waals surface area contributed by atoms with E-state index in [0.717, 1.165) is 15.6 Å². The predicted octanol–water partition coefficient (Wildman–Crippen LogP) is 5.56. The van der Waals surface area contributed by atoms with Gasteiger partial charge in [-0.1, -0.05) is 24.3 Å². The maximum Gasteiger partial charge on any atom is 0.106 e. The third-order valence-electron chi connectivity index (χ3n) is 4.27. The average Bonchev–Trinajstić information content (AvgIpc) is 3.03. The highest BCUT2D eigenvalue weighted by Gasteiger charge is 2.10. The molecule has 22 heavy (non-hydrogen) atoms. The number of nitrogens with zero attached hydrogens (tertiary/aromatic N) is 2. The van der Waals surface area contributed by atoms with Crippen LogP contribution in [-0.2, 0) is 0 Å². The molecule has 3 heterocycles. The number of aromatic nitrogens is 2. The maximum atomic E-state index is 4.70. The Kier molecular flexibility index (Phi) is 2.38. The molecule has 0 spiro atoms. The van der Waals surface area contributed by atoms with Crippen LogP contribution in [0.3, 0.4) is 0 Å². The van der Waals surface area contributed by atoms with Crippen molar-refractivity contribution in [2.75, 3.05) is 0 Å². The van der Waals surface area contributed by atoms with Gasteiger partial charge in [0.05, 0.1) is 16.6 Å². The summed E-state index contributed by atoms with van der Waals surface area (Å²) in [5.41, 5.74) is 3.39. The van der Waals surface area contributed by atoms with Crippen LogP contribution in [0.25, 0.3) is 38.1 Å². The summed E-state index contributed by atoms with van der Waals surface area (Å²) in [7, 11) is 0. The van der Waals surface area contributed by atoms with Crippen molar-refractivity contribution in [1.29, 1.82) is 0 Å². The number of benzene rings is 2. The van der Waals surface area contributed by atoms with E-state index < -0.39 is 0 Å². The zero-order valence-electron chi connectivity index (χ0n) is 11.6. The van der Waals surface area contributed by atoms with Crippen molar-refractivity contribution >= 4 is 54.0 Å². The van der Waals surface area contributed by atoms with Crippen LogP contribution in [0.2, 0.25) is 0 Å². The largest absolute Gasteiger partial charge is 0.314 e. The van der Waals surface area contributed by atoms with Crippen LogP contribution < -0.4 is 0 Å². The van der Waals surface area contributed by atoms with Gasteiger partial charge in [-0.3, -0.25) is 0 Å². The summed E-state index contributed by atoms with van der Waals surface area (Å²) < 4.78 is 3.09. The molecule has 0 bridgehead atoms. The molecule has 0 saturated heterocycles. The van der Waals surface area contributed by atoms with Crippen LogP contribution in [0.15, 0.2) is 71.5 Å². The molecule has 5 aromatic rings. The Labute approximate surface area is 135 Å². The van der Waals surface area contributed by atoms with Gasteiger partial charge in [0, 0.05) is 17.0 Å². The molecule has 0 unspecified atom stereocenters. The van der Waals surface area contributed by atoms with E-state index in [0.29, 0.717) is 0 Å². The summed E-state index contributed by atoms with van der Waals surface area (Å²) in [6, 6.07) is 21.4. The van der Waals surface area contributed by atoms with E-state index in [1.807, 2.05) is 6.07 Å². The van der Waals surface area contributed by atoms with Crippen LogP contribution in [-0.4, -0.2) is 9.38 Å². The standard InChI is InChI=1S/C19H11BrN2/c20-18-8-7-14-15-10-12-4-1-2-5-13(12)11-17(15)22-9-3-6-16(22)19(14)21-18/h1-11H. The molecular formula is C19H11BrN2. The van der Waals surface area contributed by atoms with Crippen molar-refractivity contribution in [3.63, 3.8) is 0 Å². The first-order valence-corrected chi connectivity index (χ1v) is 7.98. The van der Waals surface area contributed by atoms with Gasteiger partial charge in [-0.15, -0.1) is 0 Å². The third-order valence-corrected chi connectivity index (χ3v) is 4.71. The number of halogens is 1. The van der Waals surface area contributed by atoms with E-state index in [1.54, 1.807) is 0 Å². The molecule has 5 rings (SSSR count). The van der Waals surface area contributed by atoms with Gasteiger partial charge in [0.2, 0.25) is 0 Å². The van der Waals surface area contributed by atoms with Crippen molar-refractivity contribution < 1.29 is 0 Å². The Morgan fingerprint density at radius 2 is 1.59 bits per heavy atom. The van der Waals surface area contributed by atoms with Crippen LogP contribution in [0.1, 0.15) is 0 Å². The second-order valence-electron chi connectivity index (χ2n) is 5.51. The van der Waals surface area contributed by atoms with E-state index in [1.165, 1.54) is 27.1 Å². The number of fused-ring (bicyclic) bond motifs is 7. The monoisotopic (exact) mass is 346 g/mol. The number of hydrogen-bond acceptors (Lipinski definition) is 1. The van der Waals surface area contributed by atoms with Gasteiger partial charge < -0.3 is 4.40 Å². The van der Waals surface area contributed by atoms with Gasteiger partial charge in [0.25, 0.3) is 0 Å². The van der Waals surface area contributed by atoms with E-state index >= 15 is 0 Å². The van der Waals surface area contributed by atoms with E-state index in [2.05, 4.69) is 81.1 Å². The fraction of sp³-hybridized carbons (Fsp3) is 0. The molecule has 0 aliphatic rings. The Morgan fingerprint density at radius 1 is 0.773 bits per heavy atom. The lowest BCUT2D eigenvalue weighted by molar-refractivity contribution is 1.26. The molecular weight excluding hydrogens is 336 g/mol. The number of rotatable bonds is 0. The highest BCUT2D eigenvalue weighted by atomic mass is 79.9. The van der Waals surface area contributed by atoms with Crippen LogP contribution >= 0.6 is 15.9 Å². The minimum atomic E-state index is 0.864. The minimum absolute atomic E-state index is 0.864. The van der Waals surface area contributed by atoms with Gasteiger partial charge in [0.1, 0.15) is 4.60 Å². The first-order chi connectivity index (χ1) is 10.8. The normalized spacial score (nSPS) is 11.9. The predicted molar refractivity (Wildman–Crippen MR) is 95.4 cm³/mol. The topological polar surface area (TPSA) is 17.3 Å². The van der Waals surface area contributed by atoms with E-state index in [9.17, 15) is 0 Å². The van der Waals surface area contributed by atoms with E-state index in [-0.39, 0.29) is 0 Å². The first-order valence-electron chi connectivity index (χ1n) is 7.19. The molecule has 0 fully saturated rings. The average molecular weight is 347 g/mol. The molecule has 2 nitrogen and oxygen atoms in total. The van der Waals surface area contributed by atoms with Gasteiger partial charge in [-0.25, -0.2) is 4.98 Å². The highest BCUT2D eigenvalue weighted by Crippen LogP contribution is 2.32. The second kappa shape index (κ2) is 4.31. The third kappa shape index (κ3) is 1.57. The van der Waals surface area contributed by atoms with Crippen molar-refractivity contribution in [2.45, 2.75) is 0 Å². The fourth-order valence-electron chi connectivity index (χ4n) is 3.28. The fourth-order valence-corrected chi connectivity index (χ4v) is 3.58. The molecule has 0 N–H and O–H groups in total. The Morgan fingerprint density at radius 3 is 2.45 bits per heavy atom. The summed E-state index contributed by atoms with van der Waals surface area (Å²) in [5.74, 6) is 0. The zero-order chi connectivity index (χ0) is 14.7. The summed E-state index contributed by atoms with van der Waals surface area (Å²) in [4.78, 5) is 4.70. The molecule has 0 saturated carbocycles. The summed E-state index contributed by atoms with van der Waals surface area (Å²) in [6.07, 6.45) is 2.11. The molecule has 2 aromatic carbocycles. The minimum Gasteiger partial charge on any atom is -0.314 e. The maximum absolute atomic E-state index is 4.70. The molecule has 3 heteroatoms. The van der Waals surface area contributed by atoms with E-state index in [4.69, 9.17) is 4.98 Å². The Hall–Kier alpha value is -2.39. The molecule has 0 aliphatic carbocycles. The van der Waals surface area contributed by atoms with Crippen LogP contribution in [0.5, 0.6) is 0 Å². The van der Waals surface area contributed by atoms with Crippen LogP contribution in [0.4, 0.5) is 0 Å². The van der Waals surface area contributed by atoms with Crippen molar-refractivity contribution in [2.24, 2.45) is 0 Å². The molecule has 104 valence electrons. The number of hydrogen-bond donors (Lipinski definition) is 0. The number of pyridine rings is 2. The summed E-state index contributed by atoms with van der Waals surface area (Å²) in [6.45, 7) is 0. The molecule has 3 aromatic heterocycles. The first kappa shape index (κ1) is 12.2.